The van der Waals surface area contributed by atoms with Crippen LogP contribution >= 0.6 is 0 Å². The molecule has 4 N–H and O–H groups in total. The molecule has 3 aliphatic rings. The lowest BCUT2D eigenvalue weighted by molar-refractivity contribution is -0.117. The molecule has 0 aromatic carbocycles. The van der Waals surface area contributed by atoms with E-state index in [9.17, 15) is 9.90 Å². The maximum atomic E-state index is 11.6. The van der Waals surface area contributed by atoms with Gasteiger partial charge in [0.05, 0.1) is 18.2 Å². The number of nitrogens with one attached hydrogen (secondary N) is 1. The van der Waals surface area contributed by atoms with E-state index in [-0.39, 0.29) is 0 Å². The van der Waals surface area contributed by atoms with Crippen LogP contribution in [0, 0.1) is 10.8 Å². The van der Waals surface area contributed by atoms with Crippen molar-refractivity contribution in [1.82, 2.24) is 9.97 Å². The summed E-state index contributed by atoms with van der Waals surface area (Å²) in [7, 11) is 0. The van der Waals surface area contributed by atoms with Gasteiger partial charge in [0.1, 0.15) is 30.6 Å². The molecule has 2 fully saturated rings. The summed E-state index contributed by atoms with van der Waals surface area (Å²) in [5.74, 6) is 0.989. The summed E-state index contributed by atoms with van der Waals surface area (Å²) < 4.78 is 5.96. The van der Waals surface area contributed by atoms with Crippen molar-refractivity contribution in [3.05, 3.63) is 19.0 Å². The summed E-state index contributed by atoms with van der Waals surface area (Å²) in [6, 6.07) is 0. The lowest BCUT2D eigenvalue weighted by atomic mass is 9.73. The zero-order chi connectivity index (χ0) is 15.7. The number of hydrogen-bond donors (Lipinski definition) is 3. The normalized spacial score (nSPS) is 41.5. The Kier molecular flexibility index (Phi) is 2.43. The zero-order valence-electron chi connectivity index (χ0n) is 12.1. The second-order valence-electron chi connectivity index (χ2n) is 6.15. The van der Waals surface area contributed by atoms with Gasteiger partial charge in [0.15, 0.2) is 11.6 Å². The van der Waals surface area contributed by atoms with E-state index in [0.717, 1.165) is 6.29 Å². The monoisotopic (exact) mass is 303 g/mol. The minimum absolute atomic E-state index is 0.362. The molecule has 4 rings (SSSR count). The van der Waals surface area contributed by atoms with E-state index in [1.54, 1.807) is 6.08 Å². The standard InChI is InChI=1S/C14H17N5O3/c1-3-13(2)12(22-9-8(21)14(9,13)4-20)19-6-18-7-10(15)16-5-17-11(7)19/h3-5,8-9,12,18,21H,1,6H2,2H3,(H2,15,16,17)/t8?,9-,12-,13+,14+/m1/s1. The zero-order valence-corrected chi connectivity index (χ0v) is 12.1. The van der Waals surface area contributed by atoms with Gasteiger partial charge in [0.25, 0.3) is 0 Å². The summed E-state index contributed by atoms with van der Waals surface area (Å²) in [6.45, 7) is 6.17. The van der Waals surface area contributed by atoms with Crippen molar-refractivity contribution >= 4 is 23.6 Å². The molecular formula is C14H17N5O3. The van der Waals surface area contributed by atoms with Crippen molar-refractivity contribution in [3.8, 4) is 0 Å². The van der Waals surface area contributed by atoms with Crippen molar-refractivity contribution in [1.29, 1.82) is 0 Å². The third-order valence-corrected chi connectivity index (χ3v) is 5.32. The smallest absolute Gasteiger partial charge is 0.161 e. The van der Waals surface area contributed by atoms with Crippen LogP contribution in [0.2, 0.25) is 0 Å². The maximum Gasteiger partial charge on any atom is 0.161 e. The highest BCUT2D eigenvalue weighted by Crippen LogP contribution is 2.68. The minimum atomic E-state index is -0.944. The molecule has 0 radical (unpaired) electrons. The first-order valence-electron chi connectivity index (χ1n) is 7.05. The fourth-order valence-electron chi connectivity index (χ4n) is 3.81. The van der Waals surface area contributed by atoms with E-state index in [1.807, 2.05) is 11.8 Å². The maximum absolute atomic E-state index is 11.6. The third kappa shape index (κ3) is 1.24. The van der Waals surface area contributed by atoms with Gasteiger partial charge in [-0.05, 0) is 0 Å². The van der Waals surface area contributed by atoms with E-state index >= 15 is 0 Å². The van der Waals surface area contributed by atoms with E-state index < -0.39 is 29.3 Å². The van der Waals surface area contributed by atoms with Crippen LogP contribution in [0.25, 0.3) is 0 Å². The highest BCUT2D eigenvalue weighted by molar-refractivity contribution is 5.81. The van der Waals surface area contributed by atoms with Crippen LogP contribution in [0.5, 0.6) is 0 Å². The summed E-state index contributed by atoms with van der Waals surface area (Å²) in [5, 5.41) is 13.2. The fourth-order valence-corrected chi connectivity index (χ4v) is 3.81. The largest absolute Gasteiger partial charge is 0.389 e. The van der Waals surface area contributed by atoms with Gasteiger partial charge >= 0.3 is 0 Å². The lowest BCUT2D eigenvalue weighted by Crippen LogP contribution is -2.50. The number of ether oxygens (including phenoxy) is 1. The van der Waals surface area contributed by atoms with Crippen molar-refractivity contribution in [2.45, 2.75) is 25.4 Å². The van der Waals surface area contributed by atoms with Crippen LogP contribution in [0.15, 0.2) is 19.0 Å². The van der Waals surface area contributed by atoms with E-state index in [4.69, 9.17) is 10.5 Å². The van der Waals surface area contributed by atoms with Crippen LogP contribution in [0.4, 0.5) is 17.3 Å². The summed E-state index contributed by atoms with van der Waals surface area (Å²) in [4.78, 5) is 21.8. The second kappa shape index (κ2) is 3.96. The van der Waals surface area contributed by atoms with Gasteiger partial charge in [0.2, 0.25) is 0 Å². The molecule has 1 aromatic rings. The Bertz CT molecular complexity index is 682. The first-order chi connectivity index (χ1) is 10.5. The van der Waals surface area contributed by atoms with Crippen LogP contribution in [0.3, 0.4) is 0 Å². The highest BCUT2D eigenvalue weighted by Gasteiger charge is 2.81. The van der Waals surface area contributed by atoms with Crippen LogP contribution in [-0.4, -0.2) is 46.5 Å². The first kappa shape index (κ1) is 13.5. The minimum Gasteiger partial charge on any atom is -0.389 e. The summed E-state index contributed by atoms with van der Waals surface area (Å²) in [5.41, 5.74) is 4.82. The quantitative estimate of drug-likeness (QED) is 0.516. The van der Waals surface area contributed by atoms with E-state index in [1.165, 1.54) is 6.33 Å². The first-order valence-corrected chi connectivity index (χ1v) is 7.05. The molecule has 22 heavy (non-hydrogen) atoms. The molecular weight excluding hydrogens is 286 g/mol. The number of carbonyl (C=O) groups excluding carboxylic acids is 1. The summed E-state index contributed by atoms with van der Waals surface area (Å²) in [6.07, 6.45) is 2.09. The SMILES string of the molecule is C=C[C@@]1(C)[C@H](N2CNc3c(N)ncnc32)O[C@@H]2C(O)[C@@]21C=O. The third-order valence-electron chi connectivity index (χ3n) is 5.32. The average Bonchev–Trinajstić information content (AvgIpc) is 2.85. The molecule has 8 heteroatoms. The Morgan fingerprint density at radius 1 is 1.64 bits per heavy atom. The topological polar surface area (TPSA) is 114 Å². The molecule has 116 valence electrons. The number of nitrogen functional groups attached to an aromatic ring is 1. The molecule has 0 amide bonds. The van der Waals surface area contributed by atoms with Crippen LogP contribution in [-0.2, 0) is 9.53 Å². The molecule has 2 aliphatic heterocycles. The molecule has 1 aromatic heterocycles. The predicted octanol–water partition coefficient (Wildman–Crippen LogP) is -0.275. The van der Waals surface area contributed by atoms with Crippen LogP contribution in [0.1, 0.15) is 6.92 Å². The molecule has 0 spiro atoms. The Balaban J connectivity index is 1.76. The molecule has 5 atom stereocenters. The van der Waals surface area contributed by atoms with Gasteiger partial charge in [-0.3, -0.25) is 0 Å². The van der Waals surface area contributed by atoms with Crippen molar-refractivity contribution in [3.63, 3.8) is 0 Å². The van der Waals surface area contributed by atoms with Gasteiger partial charge in [-0.15, -0.1) is 6.58 Å². The van der Waals surface area contributed by atoms with Gasteiger partial charge in [-0.25, -0.2) is 9.97 Å². The molecule has 1 unspecified atom stereocenters. The lowest BCUT2D eigenvalue weighted by Gasteiger charge is -2.39. The number of aldehydes is 1. The Hall–Kier alpha value is -2.19. The molecule has 3 heterocycles. The molecule has 1 aliphatic carbocycles. The average molecular weight is 303 g/mol. The predicted molar refractivity (Wildman–Crippen MR) is 78.9 cm³/mol. The highest BCUT2D eigenvalue weighted by atomic mass is 16.6. The number of nitrogens with zero attached hydrogens (tertiary/aromatic N) is 3. The number of aliphatic hydroxyl groups excluding tert-OH is 1. The molecule has 8 nitrogen and oxygen atoms in total. The number of fused-ring (bicyclic) bond motifs is 2. The van der Waals surface area contributed by atoms with E-state index in [0.29, 0.717) is 24.0 Å². The molecule has 0 bridgehead atoms. The molecule has 1 saturated carbocycles. The summed E-state index contributed by atoms with van der Waals surface area (Å²) >= 11 is 0. The number of aromatic nitrogens is 2. The van der Waals surface area contributed by atoms with Crippen molar-refractivity contribution < 1.29 is 14.6 Å². The fraction of sp³-hybridized carbons (Fsp3) is 0.500. The van der Waals surface area contributed by atoms with E-state index in [2.05, 4.69) is 21.9 Å². The number of rotatable bonds is 3. The Labute approximate surface area is 127 Å². The number of nitrogens with two attached hydrogens (primary N) is 1. The van der Waals surface area contributed by atoms with Gasteiger partial charge in [-0.1, -0.05) is 13.0 Å². The Morgan fingerprint density at radius 3 is 3.09 bits per heavy atom. The Morgan fingerprint density at radius 2 is 2.41 bits per heavy atom. The van der Waals surface area contributed by atoms with Gasteiger partial charge < -0.3 is 30.6 Å². The van der Waals surface area contributed by atoms with Crippen LogP contribution < -0.4 is 16.0 Å². The number of anilines is 3. The van der Waals surface area contributed by atoms with Crippen molar-refractivity contribution in [2.75, 3.05) is 22.6 Å². The van der Waals surface area contributed by atoms with Gasteiger partial charge in [0, 0.05) is 5.41 Å². The van der Waals surface area contributed by atoms with Gasteiger partial charge in [-0.2, -0.15) is 0 Å². The second-order valence-corrected chi connectivity index (χ2v) is 6.15. The van der Waals surface area contributed by atoms with Crippen molar-refractivity contribution in [2.24, 2.45) is 10.8 Å². The number of hydrogen-bond acceptors (Lipinski definition) is 8. The number of carbonyl (C=O) groups is 1. The number of aliphatic hydroxyl groups is 1. The molecule has 1 saturated heterocycles.